The summed E-state index contributed by atoms with van der Waals surface area (Å²) >= 11 is 5.71. The van der Waals surface area contributed by atoms with Crippen molar-refractivity contribution in [1.82, 2.24) is 10.3 Å². The van der Waals surface area contributed by atoms with Crippen LogP contribution in [-0.4, -0.2) is 42.8 Å². The van der Waals surface area contributed by atoms with E-state index in [2.05, 4.69) is 24.2 Å². The van der Waals surface area contributed by atoms with Crippen molar-refractivity contribution in [2.24, 2.45) is 5.84 Å². The first-order valence-electron chi connectivity index (χ1n) is 7.27. The molecule has 1 heterocycles. The second-order valence-corrected chi connectivity index (χ2v) is 6.13. The summed E-state index contributed by atoms with van der Waals surface area (Å²) in [6.45, 7) is 6.78. The largest absolute Gasteiger partial charge is 0.374 e. The van der Waals surface area contributed by atoms with Gasteiger partial charge in [-0.2, -0.15) is 0 Å². The van der Waals surface area contributed by atoms with Gasteiger partial charge in [-0.05, 0) is 38.0 Å². The van der Waals surface area contributed by atoms with Crippen molar-refractivity contribution in [3.05, 3.63) is 34.6 Å². The van der Waals surface area contributed by atoms with Crippen molar-refractivity contribution in [2.45, 2.75) is 38.5 Å². The number of nitrogens with one attached hydrogen (secondary N) is 1. The average molecular weight is 316 g/mol. The number of benzene rings is 1. The molecule has 1 aliphatic rings. The monoisotopic (exact) mass is 315 g/mol. The number of hydrogen-bond acceptors (Lipinski definition) is 4. The lowest BCUT2D eigenvalue weighted by atomic mass is 10.00. The van der Waals surface area contributed by atoms with Crippen LogP contribution in [-0.2, 0) is 11.2 Å². The first-order valence-corrected chi connectivity index (χ1v) is 7.64. The molecule has 3 N–H and O–H groups in total. The predicted molar refractivity (Wildman–Crippen MR) is 82.7 cm³/mol. The number of hydrogen-bond donors (Lipinski definition) is 2. The molecule has 2 atom stereocenters. The Labute approximate surface area is 130 Å². The SMILES string of the molecule is CC(C)N1CCOC(C(Cc2ccc(Cl)c(F)c2)NN)C1. The van der Waals surface area contributed by atoms with E-state index in [0.29, 0.717) is 19.1 Å². The van der Waals surface area contributed by atoms with Crippen molar-refractivity contribution in [1.29, 1.82) is 0 Å². The molecule has 21 heavy (non-hydrogen) atoms. The molecule has 0 amide bonds. The van der Waals surface area contributed by atoms with Crippen LogP contribution in [0, 0.1) is 5.82 Å². The lowest BCUT2D eigenvalue weighted by Gasteiger charge is -2.38. The van der Waals surface area contributed by atoms with Crippen molar-refractivity contribution in [2.75, 3.05) is 19.7 Å². The van der Waals surface area contributed by atoms with Crippen molar-refractivity contribution < 1.29 is 9.13 Å². The zero-order chi connectivity index (χ0) is 15.4. The van der Waals surface area contributed by atoms with Crippen molar-refractivity contribution in [3.63, 3.8) is 0 Å². The number of hydrazine groups is 1. The third-order valence-corrected chi connectivity index (χ3v) is 4.26. The molecule has 1 aromatic carbocycles. The Morgan fingerprint density at radius 2 is 2.29 bits per heavy atom. The maximum Gasteiger partial charge on any atom is 0.142 e. The molecule has 0 spiro atoms. The number of ether oxygens (including phenoxy) is 1. The number of halogens is 2. The van der Waals surface area contributed by atoms with Gasteiger partial charge in [0.2, 0.25) is 0 Å². The maximum absolute atomic E-state index is 13.5. The van der Waals surface area contributed by atoms with Gasteiger partial charge in [0.25, 0.3) is 0 Å². The summed E-state index contributed by atoms with van der Waals surface area (Å²) in [5, 5.41) is 0.135. The van der Waals surface area contributed by atoms with E-state index in [0.717, 1.165) is 18.7 Å². The van der Waals surface area contributed by atoms with E-state index in [1.54, 1.807) is 6.07 Å². The highest BCUT2D eigenvalue weighted by Crippen LogP contribution is 2.19. The van der Waals surface area contributed by atoms with E-state index in [4.69, 9.17) is 22.2 Å². The molecule has 0 aromatic heterocycles. The average Bonchev–Trinajstić information content (AvgIpc) is 2.48. The van der Waals surface area contributed by atoms with E-state index in [9.17, 15) is 4.39 Å². The third kappa shape index (κ3) is 4.37. The summed E-state index contributed by atoms with van der Waals surface area (Å²) in [7, 11) is 0. The third-order valence-electron chi connectivity index (χ3n) is 3.96. The molecular formula is C15H23ClFN3O. The van der Waals surface area contributed by atoms with Gasteiger partial charge in [0.05, 0.1) is 23.8 Å². The minimum atomic E-state index is -0.404. The normalized spacial score (nSPS) is 21.7. The van der Waals surface area contributed by atoms with Crippen LogP contribution in [0.5, 0.6) is 0 Å². The minimum Gasteiger partial charge on any atom is -0.374 e. The molecule has 6 heteroatoms. The summed E-state index contributed by atoms with van der Waals surface area (Å²) < 4.78 is 19.4. The predicted octanol–water partition coefficient (Wildman–Crippen LogP) is 1.96. The molecule has 0 saturated carbocycles. The van der Waals surface area contributed by atoms with Crippen LogP contribution in [0.4, 0.5) is 4.39 Å². The number of rotatable bonds is 5. The fraction of sp³-hybridized carbons (Fsp3) is 0.600. The Kier molecular flexibility index (Phi) is 5.96. The molecule has 4 nitrogen and oxygen atoms in total. The van der Waals surface area contributed by atoms with Gasteiger partial charge < -0.3 is 4.74 Å². The van der Waals surface area contributed by atoms with Crippen LogP contribution in [0.1, 0.15) is 19.4 Å². The van der Waals surface area contributed by atoms with Crippen LogP contribution in [0.3, 0.4) is 0 Å². The second-order valence-electron chi connectivity index (χ2n) is 5.72. The lowest BCUT2D eigenvalue weighted by Crippen LogP contribution is -2.56. The van der Waals surface area contributed by atoms with E-state index < -0.39 is 5.82 Å². The number of nitrogens with two attached hydrogens (primary N) is 1. The molecule has 1 fully saturated rings. The molecule has 0 bridgehead atoms. The quantitative estimate of drug-likeness (QED) is 0.644. The van der Waals surface area contributed by atoms with Gasteiger partial charge in [-0.25, -0.2) is 4.39 Å². The minimum absolute atomic E-state index is 0.00936. The number of nitrogens with zero attached hydrogens (tertiary/aromatic N) is 1. The molecule has 1 aliphatic heterocycles. The standard InChI is InChI=1S/C15H23ClFN3O/c1-10(2)20-5-6-21-15(9-20)14(19-18)8-11-3-4-12(16)13(17)7-11/h3-4,7,10,14-15,19H,5-6,8-9,18H2,1-2H3. The highest BCUT2D eigenvalue weighted by Gasteiger charge is 2.28. The van der Waals surface area contributed by atoms with Crippen LogP contribution >= 0.6 is 11.6 Å². The zero-order valence-electron chi connectivity index (χ0n) is 12.5. The molecular weight excluding hydrogens is 293 g/mol. The van der Waals surface area contributed by atoms with E-state index >= 15 is 0 Å². The van der Waals surface area contributed by atoms with Crippen LogP contribution in [0.2, 0.25) is 5.02 Å². The van der Waals surface area contributed by atoms with Gasteiger partial charge in [-0.1, -0.05) is 17.7 Å². The first-order chi connectivity index (χ1) is 10.0. The Morgan fingerprint density at radius 3 is 2.90 bits per heavy atom. The van der Waals surface area contributed by atoms with Crippen LogP contribution in [0.25, 0.3) is 0 Å². The first kappa shape index (κ1) is 16.6. The Balaban J connectivity index is 2.03. The van der Waals surface area contributed by atoms with E-state index in [1.807, 2.05) is 6.07 Å². The lowest BCUT2D eigenvalue weighted by molar-refractivity contribution is -0.0552. The second kappa shape index (κ2) is 7.51. The maximum atomic E-state index is 13.5. The van der Waals surface area contributed by atoms with Gasteiger partial charge in [-0.3, -0.25) is 16.2 Å². The molecule has 2 unspecified atom stereocenters. The Morgan fingerprint density at radius 1 is 1.52 bits per heavy atom. The van der Waals surface area contributed by atoms with Crippen molar-refractivity contribution >= 4 is 11.6 Å². The summed E-state index contributed by atoms with van der Waals surface area (Å²) in [5.41, 5.74) is 3.66. The fourth-order valence-corrected chi connectivity index (χ4v) is 2.74. The molecule has 1 aromatic rings. The molecule has 1 saturated heterocycles. The summed E-state index contributed by atoms with van der Waals surface area (Å²) in [6.07, 6.45) is 0.589. The Hall–Kier alpha value is -0.720. The number of morpholine rings is 1. The highest BCUT2D eigenvalue weighted by molar-refractivity contribution is 6.30. The smallest absolute Gasteiger partial charge is 0.142 e. The topological polar surface area (TPSA) is 50.5 Å². The Bertz CT molecular complexity index is 472. The van der Waals surface area contributed by atoms with Gasteiger partial charge in [-0.15, -0.1) is 0 Å². The van der Waals surface area contributed by atoms with Crippen LogP contribution in [0.15, 0.2) is 18.2 Å². The molecule has 0 aliphatic carbocycles. The van der Waals surface area contributed by atoms with Crippen molar-refractivity contribution in [3.8, 4) is 0 Å². The van der Waals surface area contributed by atoms with Gasteiger partial charge in [0, 0.05) is 19.1 Å². The van der Waals surface area contributed by atoms with E-state index in [1.165, 1.54) is 6.07 Å². The highest BCUT2D eigenvalue weighted by atomic mass is 35.5. The fourth-order valence-electron chi connectivity index (χ4n) is 2.63. The molecule has 2 rings (SSSR count). The zero-order valence-corrected chi connectivity index (χ0v) is 13.2. The summed E-state index contributed by atoms with van der Waals surface area (Å²) in [6, 6.07) is 5.26. The van der Waals surface area contributed by atoms with Gasteiger partial charge in [0.1, 0.15) is 5.82 Å². The van der Waals surface area contributed by atoms with E-state index in [-0.39, 0.29) is 17.2 Å². The molecule has 118 valence electrons. The van der Waals surface area contributed by atoms with Gasteiger partial charge in [0.15, 0.2) is 0 Å². The summed E-state index contributed by atoms with van der Waals surface area (Å²) in [4.78, 5) is 2.36. The summed E-state index contributed by atoms with van der Waals surface area (Å²) in [5.74, 6) is 5.27. The molecule has 0 radical (unpaired) electrons. The van der Waals surface area contributed by atoms with Crippen LogP contribution < -0.4 is 11.3 Å². The van der Waals surface area contributed by atoms with Gasteiger partial charge >= 0.3 is 0 Å².